The number of ketones is 1. The number of ether oxygens (including phenoxy) is 2. The monoisotopic (exact) mass is 388 g/mol. The van der Waals surface area contributed by atoms with Gasteiger partial charge in [-0.3, -0.25) is 9.59 Å². The molecule has 0 aliphatic heterocycles. The molecule has 1 rings (SSSR count). The van der Waals surface area contributed by atoms with Crippen LogP contribution < -0.4 is 4.74 Å². The van der Waals surface area contributed by atoms with Crippen molar-refractivity contribution in [2.24, 2.45) is 5.41 Å². The highest BCUT2D eigenvalue weighted by Gasteiger charge is 2.30. The van der Waals surface area contributed by atoms with Crippen LogP contribution in [0.1, 0.15) is 50.3 Å². The number of halogens is 3. The van der Waals surface area contributed by atoms with E-state index in [2.05, 4.69) is 0 Å². The third-order valence-corrected chi connectivity index (χ3v) is 4.30. The van der Waals surface area contributed by atoms with Crippen LogP contribution in [0.15, 0.2) is 12.1 Å². The van der Waals surface area contributed by atoms with Crippen LogP contribution in [-0.4, -0.2) is 31.1 Å². The first kappa shape index (κ1) is 23.0. The molecule has 0 heterocycles. The third-order valence-electron chi connectivity index (χ3n) is 4.30. The topological polar surface area (TPSA) is 52.6 Å². The van der Waals surface area contributed by atoms with Crippen LogP contribution in [0.3, 0.4) is 0 Å². The number of aryl methyl sites for hydroxylation is 2. The van der Waals surface area contributed by atoms with Gasteiger partial charge in [0.25, 0.3) is 0 Å². The van der Waals surface area contributed by atoms with Crippen molar-refractivity contribution in [3.8, 4) is 5.75 Å². The number of carbonyl (C=O) groups is 2. The number of hydrogen-bond acceptors (Lipinski definition) is 4. The summed E-state index contributed by atoms with van der Waals surface area (Å²) in [5, 5.41) is 0. The predicted molar refractivity (Wildman–Crippen MR) is 95.8 cm³/mol. The number of hydrogen-bond donors (Lipinski definition) is 0. The minimum Gasteiger partial charge on any atom is -0.484 e. The first-order valence-corrected chi connectivity index (χ1v) is 8.84. The van der Waals surface area contributed by atoms with Gasteiger partial charge in [-0.2, -0.15) is 13.2 Å². The van der Waals surface area contributed by atoms with E-state index < -0.39 is 18.2 Å². The Morgan fingerprint density at radius 2 is 1.63 bits per heavy atom. The lowest BCUT2D eigenvalue weighted by molar-refractivity contribution is -0.154. The molecule has 0 amide bonds. The molecule has 0 aliphatic rings. The average molecular weight is 388 g/mol. The summed E-state index contributed by atoms with van der Waals surface area (Å²) in [6.45, 7) is 7.61. The zero-order valence-corrected chi connectivity index (χ0v) is 16.5. The summed E-state index contributed by atoms with van der Waals surface area (Å²) in [5.41, 5.74) is 1.43. The van der Waals surface area contributed by atoms with E-state index in [1.165, 1.54) is 12.1 Å². The summed E-state index contributed by atoms with van der Waals surface area (Å²) in [6, 6.07) is 3.01. The van der Waals surface area contributed by atoms with E-state index >= 15 is 0 Å². The van der Waals surface area contributed by atoms with Gasteiger partial charge in [0.2, 0.25) is 0 Å². The average Bonchev–Trinajstić information content (AvgIpc) is 2.54. The Bertz CT molecular complexity index is 655. The maximum atomic E-state index is 12.4. The minimum absolute atomic E-state index is 0.0393. The van der Waals surface area contributed by atoms with Crippen LogP contribution in [0.4, 0.5) is 13.2 Å². The number of esters is 1. The normalized spacial score (nSPS) is 12.0. The second-order valence-corrected chi connectivity index (χ2v) is 7.26. The maximum absolute atomic E-state index is 12.4. The summed E-state index contributed by atoms with van der Waals surface area (Å²) in [4.78, 5) is 24.2. The van der Waals surface area contributed by atoms with Crippen LogP contribution in [0.5, 0.6) is 5.75 Å². The van der Waals surface area contributed by atoms with Gasteiger partial charge in [-0.1, -0.05) is 0 Å². The van der Waals surface area contributed by atoms with Crippen molar-refractivity contribution < 1.29 is 32.2 Å². The first-order valence-electron chi connectivity index (χ1n) is 8.84. The predicted octanol–water partition coefficient (Wildman–Crippen LogP) is 4.73. The van der Waals surface area contributed by atoms with Gasteiger partial charge in [-0.05, 0) is 69.9 Å². The lowest BCUT2D eigenvalue weighted by Crippen LogP contribution is -2.27. The molecule has 0 radical (unpaired) electrons. The second kappa shape index (κ2) is 9.24. The molecule has 0 bridgehead atoms. The van der Waals surface area contributed by atoms with E-state index in [1.54, 1.807) is 34.6 Å². The summed E-state index contributed by atoms with van der Waals surface area (Å²) in [7, 11) is 0. The van der Waals surface area contributed by atoms with Gasteiger partial charge >= 0.3 is 12.1 Å². The van der Waals surface area contributed by atoms with Gasteiger partial charge in [0.1, 0.15) is 11.5 Å². The van der Waals surface area contributed by atoms with Crippen LogP contribution in [0, 0.1) is 19.3 Å². The first-order chi connectivity index (χ1) is 12.4. The van der Waals surface area contributed by atoms with Crippen molar-refractivity contribution in [2.45, 2.75) is 60.1 Å². The van der Waals surface area contributed by atoms with Crippen molar-refractivity contribution in [1.82, 2.24) is 0 Å². The molecular formula is C20H27F3O4. The maximum Gasteiger partial charge on any atom is 0.422 e. The quantitative estimate of drug-likeness (QED) is 0.574. The number of rotatable bonds is 9. The highest BCUT2D eigenvalue weighted by atomic mass is 19.4. The summed E-state index contributed by atoms with van der Waals surface area (Å²) >= 11 is 0. The Morgan fingerprint density at radius 1 is 1.07 bits per heavy atom. The molecule has 0 saturated heterocycles. The van der Waals surface area contributed by atoms with Gasteiger partial charge in [-0.15, -0.1) is 0 Å². The fourth-order valence-corrected chi connectivity index (χ4v) is 2.65. The third kappa shape index (κ3) is 7.61. The van der Waals surface area contributed by atoms with E-state index in [-0.39, 0.29) is 37.0 Å². The smallest absolute Gasteiger partial charge is 0.422 e. The van der Waals surface area contributed by atoms with Crippen molar-refractivity contribution >= 4 is 11.8 Å². The van der Waals surface area contributed by atoms with Gasteiger partial charge in [-0.25, -0.2) is 0 Å². The van der Waals surface area contributed by atoms with Crippen LogP contribution in [-0.2, 0) is 20.7 Å². The Hall–Kier alpha value is -2.05. The standard InChI is InChI=1S/C20H27F3O4/c1-6-26-18(25)19(4,5)8-7-15(24)11-17-13(2)9-16(10-14(17)3)27-12-20(21,22)23/h9-10H,6-8,11-12H2,1-5H3. The number of carbonyl (C=O) groups excluding carboxylic acids is 2. The molecule has 152 valence electrons. The molecule has 27 heavy (non-hydrogen) atoms. The minimum atomic E-state index is -4.40. The highest BCUT2D eigenvalue weighted by molar-refractivity contribution is 5.83. The Morgan fingerprint density at radius 3 is 2.11 bits per heavy atom. The van der Waals surface area contributed by atoms with Gasteiger partial charge in [0, 0.05) is 12.8 Å². The zero-order chi connectivity index (χ0) is 20.8. The van der Waals surface area contributed by atoms with E-state index in [9.17, 15) is 22.8 Å². The number of alkyl halides is 3. The molecule has 1 aromatic carbocycles. The molecule has 0 atom stereocenters. The van der Waals surface area contributed by atoms with Crippen molar-refractivity contribution in [3.63, 3.8) is 0 Å². The molecule has 7 heteroatoms. The van der Waals surface area contributed by atoms with E-state index in [4.69, 9.17) is 9.47 Å². The number of benzene rings is 1. The van der Waals surface area contributed by atoms with Gasteiger partial charge < -0.3 is 9.47 Å². The van der Waals surface area contributed by atoms with Crippen LogP contribution in [0.25, 0.3) is 0 Å². The fraction of sp³-hybridized carbons (Fsp3) is 0.600. The van der Waals surface area contributed by atoms with E-state index in [0.29, 0.717) is 17.5 Å². The van der Waals surface area contributed by atoms with Gasteiger partial charge in [0.15, 0.2) is 6.61 Å². The van der Waals surface area contributed by atoms with E-state index in [0.717, 1.165) is 5.56 Å². The van der Waals surface area contributed by atoms with Crippen molar-refractivity contribution in [3.05, 3.63) is 28.8 Å². The Labute approximate surface area is 158 Å². The van der Waals surface area contributed by atoms with Gasteiger partial charge in [0.05, 0.1) is 12.0 Å². The molecule has 0 fully saturated rings. The molecule has 0 unspecified atom stereocenters. The largest absolute Gasteiger partial charge is 0.484 e. The number of Topliss-reactive ketones (excluding diaryl/α,β-unsaturated/α-hetero) is 1. The summed E-state index contributed by atoms with van der Waals surface area (Å²) < 4.78 is 46.6. The van der Waals surface area contributed by atoms with Crippen molar-refractivity contribution in [1.29, 1.82) is 0 Å². The van der Waals surface area contributed by atoms with Crippen LogP contribution in [0.2, 0.25) is 0 Å². The second-order valence-electron chi connectivity index (χ2n) is 7.26. The van der Waals surface area contributed by atoms with Crippen molar-refractivity contribution in [2.75, 3.05) is 13.2 Å². The molecule has 1 aromatic rings. The molecule has 0 aliphatic carbocycles. The summed E-state index contributed by atoms with van der Waals surface area (Å²) in [5.74, 6) is -0.249. The zero-order valence-electron chi connectivity index (χ0n) is 16.5. The molecule has 4 nitrogen and oxygen atoms in total. The molecule has 0 N–H and O–H groups in total. The molecule has 0 aromatic heterocycles. The molecule has 0 spiro atoms. The fourth-order valence-electron chi connectivity index (χ4n) is 2.65. The van der Waals surface area contributed by atoms with Crippen LogP contribution >= 0.6 is 0 Å². The summed E-state index contributed by atoms with van der Waals surface area (Å²) in [6.07, 6.45) is -3.65. The lowest BCUT2D eigenvalue weighted by atomic mass is 9.86. The van der Waals surface area contributed by atoms with E-state index in [1.807, 2.05) is 0 Å². The highest BCUT2D eigenvalue weighted by Crippen LogP contribution is 2.27. The molecule has 0 saturated carbocycles. The molecular weight excluding hydrogens is 361 g/mol. The Balaban J connectivity index is 2.73. The SMILES string of the molecule is CCOC(=O)C(C)(C)CCC(=O)Cc1c(C)cc(OCC(F)(F)F)cc1C. The lowest BCUT2D eigenvalue weighted by Gasteiger charge is -2.22. The Kier molecular flexibility index (Phi) is 7.87.